The molecule has 1 heterocycles. The third kappa shape index (κ3) is 1.69. The van der Waals surface area contributed by atoms with E-state index in [1.54, 1.807) is 0 Å². The van der Waals surface area contributed by atoms with Crippen molar-refractivity contribution in [3.8, 4) is 0 Å². The Balaban J connectivity index is 1.68. The molecule has 80 valence electrons. The van der Waals surface area contributed by atoms with E-state index in [0.29, 0.717) is 5.92 Å². The predicted octanol–water partition coefficient (Wildman–Crippen LogP) is 3.29. The fourth-order valence-electron chi connectivity index (χ4n) is 2.26. The summed E-state index contributed by atoms with van der Waals surface area (Å²) in [7, 11) is 0. The van der Waals surface area contributed by atoms with Crippen molar-refractivity contribution in [1.29, 1.82) is 0 Å². The maximum absolute atomic E-state index is 2.43. The van der Waals surface area contributed by atoms with Crippen LogP contribution in [0.5, 0.6) is 0 Å². The summed E-state index contributed by atoms with van der Waals surface area (Å²) in [6, 6.07) is 21.4. The molecule has 0 aromatic heterocycles. The van der Waals surface area contributed by atoms with Crippen LogP contribution in [0.25, 0.3) is 0 Å². The summed E-state index contributed by atoms with van der Waals surface area (Å²) in [4.78, 5) is 2.43. The lowest BCUT2D eigenvalue weighted by molar-refractivity contribution is 0.525. The normalized spacial score (nSPS) is 15.9. The first-order chi connectivity index (χ1) is 7.93. The van der Waals surface area contributed by atoms with Gasteiger partial charge in [-0.05, 0) is 17.7 Å². The van der Waals surface area contributed by atoms with Crippen molar-refractivity contribution in [1.82, 2.24) is 0 Å². The fourth-order valence-corrected chi connectivity index (χ4v) is 2.26. The summed E-state index contributed by atoms with van der Waals surface area (Å²) in [6.45, 7) is 2.29. The van der Waals surface area contributed by atoms with Crippen LogP contribution in [0.1, 0.15) is 11.5 Å². The third-order valence-corrected chi connectivity index (χ3v) is 3.27. The van der Waals surface area contributed by atoms with Crippen molar-refractivity contribution in [3.63, 3.8) is 0 Å². The lowest BCUT2D eigenvalue weighted by Gasteiger charge is -2.41. The zero-order chi connectivity index (χ0) is 10.8. The minimum atomic E-state index is 0.710. The predicted molar refractivity (Wildman–Crippen MR) is 67.8 cm³/mol. The summed E-state index contributed by atoms with van der Waals surface area (Å²) in [5.41, 5.74) is 2.81. The minimum absolute atomic E-state index is 0.710. The van der Waals surface area contributed by atoms with Gasteiger partial charge in [0.15, 0.2) is 0 Å². The van der Waals surface area contributed by atoms with Crippen LogP contribution in [0.2, 0.25) is 0 Å². The van der Waals surface area contributed by atoms with Crippen molar-refractivity contribution in [3.05, 3.63) is 66.2 Å². The van der Waals surface area contributed by atoms with Crippen LogP contribution in [0, 0.1) is 0 Å². The first kappa shape index (κ1) is 9.46. The second-order valence-electron chi connectivity index (χ2n) is 4.35. The molecular weight excluding hydrogens is 194 g/mol. The van der Waals surface area contributed by atoms with E-state index in [0.717, 1.165) is 13.1 Å². The first-order valence-electron chi connectivity index (χ1n) is 5.78. The van der Waals surface area contributed by atoms with Crippen LogP contribution in [-0.2, 0) is 0 Å². The van der Waals surface area contributed by atoms with E-state index in [4.69, 9.17) is 0 Å². The van der Waals surface area contributed by atoms with Gasteiger partial charge in [0.2, 0.25) is 0 Å². The van der Waals surface area contributed by atoms with Crippen LogP contribution < -0.4 is 4.90 Å². The molecule has 1 saturated heterocycles. The van der Waals surface area contributed by atoms with E-state index >= 15 is 0 Å². The smallest absolute Gasteiger partial charge is 0.0366 e. The summed E-state index contributed by atoms with van der Waals surface area (Å²) in [5, 5.41) is 0. The van der Waals surface area contributed by atoms with Gasteiger partial charge in [-0.3, -0.25) is 0 Å². The van der Waals surface area contributed by atoms with Gasteiger partial charge in [0, 0.05) is 24.7 Å². The molecule has 1 heteroatoms. The SMILES string of the molecule is c1ccc(C2CN(c3ccccc3)C2)cc1. The molecule has 1 aliphatic heterocycles. The van der Waals surface area contributed by atoms with E-state index in [1.807, 2.05) is 0 Å². The van der Waals surface area contributed by atoms with Crippen molar-refractivity contribution in [2.45, 2.75) is 5.92 Å². The Labute approximate surface area is 96.3 Å². The molecule has 0 aliphatic carbocycles. The molecule has 0 N–H and O–H groups in total. The summed E-state index contributed by atoms with van der Waals surface area (Å²) in [6.07, 6.45) is 0. The molecule has 0 bridgehead atoms. The molecule has 1 fully saturated rings. The fraction of sp³-hybridized carbons (Fsp3) is 0.200. The molecule has 0 radical (unpaired) electrons. The number of nitrogens with zero attached hydrogens (tertiary/aromatic N) is 1. The summed E-state index contributed by atoms with van der Waals surface area (Å²) < 4.78 is 0. The number of rotatable bonds is 2. The molecular formula is C15H15N. The maximum atomic E-state index is 2.43. The highest BCUT2D eigenvalue weighted by atomic mass is 15.2. The van der Waals surface area contributed by atoms with Crippen LogP contribution in [0.3, 0.4) is 0 Å². The quantitative estimate of drug-likeness (QED) is 0.733. The molecule has 0 atom stereocenters. The van der Waals surface area contributed by atoms with Crippen LogP contribution in [0.15, 0.2) is 60.7 Å². The number of para-hydroxylation sites is 1. The van der Waals surface area contributed by atoms with Gasteiger partial charge in [0.25, 0.3) is 0 Å². The number of anilines is 1. The highest BCUT2D eigenvalue weighted by molar-refractivity contribution is 5.50. The molecule has 2 aromatic carbocycles. The number of hydrogen-bond acceptors (Lipinski definition) is 1. The van der Waals surface area contributed by atoms with Crippen LogP contribution in [-0.4, -0.2) is 13.1 Å². The second-order valence-corrected chi connectivity index (χ2v) is 4.35. The molecule has 1 aliphatic rings. The van der Waals surface area contributed by atoms with Gasteiger partial charge in [-0.15, -0.1) is 0 Å². The van der Waals surface area contributed by atoms with Crippen molar-refractivity contribution in [2.24, 2.45) is 0 Å². The average molecular weight is 209 g/mol. The lowest BCUT2D eigenvalue weighted by atomic mass is 9.91. The van der Waals surface area contributed by atoms with Gasteiger partial charge in [0.05, 0.1) is 0 Å². The zero-order valence-electron chi connectivity index (χ0n) is 9.21. The highest BCUT2D eigenvalue weighted by Crippen LogP contribution is 2.30. The van der Waals surface area contributed by atoms with E-state index < -0.39 is 0 Å². The van der Waals surface area contributed by atoms with Crippen molar-refractivity contribution < 1.29 is 0 Å². The highest BCUT2D eigenvalue weighted by Gasteiger charge is 2.27. The van der Waals surface area contributed by atoms with Gasteiger partial charge in [-0.25, -0.2) is 0 Å². The van der Waals surface area contributed by atoms with Gasteiger partial charge >= 0.3 is 0 Å². The molecule has 0 amide bonds. The number of hydrogen-bond donors (Lipinski definition) is 0. The molecule has 2 aromatic rings. The molecule has 16 heavy (non-hydrogen) atoms. The Morgan fingerprint density at radius 3 is 1.94 bits per heavy atom. The van der Waals surface area contributed by atoms with E-state index in [1.165, 1.54) is 11.3 Å². The first-order valence-corrected chi connectivity index (χ1v) is 5.78. The van der Waals surface area contributed by atoms with Gasteiger partial charge in [-0.1, -0.05) is 48.5 Å². The summed E-state index contributed by atoms with van der Waals surface area (Å²) in [5.74, 6) is 0.710. The van der Waals surface area contributed by atoms with Crippen molar-refractivity contribution in [2.75, 3.05) is 18.0 Å². The molecule has 3 rings (SSSR count). The average Bonchev–Trinajstić information content (AvgIpc) is 2.30. The zero-order valence-corrected chi connectivity index (χ0v) is 9.21. The molecule has 0 spiro atoms. The van der Waals surface area contributed by atoms with Crippen molar-refractivity contribution >= 4 is 5.69 Å². The Bertz CT molecular complexity index is 400. The van der Waals surface area contributed by atoms with Gasteiger partial charge in [-0.2, -0.15) is 0 Å². The Hall–Kier alpha value is -1.76. The Kier molecular flexibility index (Phi) is 2.37. The monoisotopic (exact) mass is 209 g/mol. The van der Waals surface area contributed by atoms with Crippen LogP contribution in [0.4, 0.5) is 5.69 Å². The molecule has 0 unspecified atom stereocenters. The summed E-state index contributed by atoms with van der Waals surface area (Å²) >= 11 is 0. The standard InChI is InChI=1S/C15H15N/c1-3-7-13(8-4-1)14-11-16(12-14)15-9-5-2-6-10-15/h1-10,14H,11-12H2. The largest absolute Gasteiger partial charge is 0.370 e. The Morgan fingerprint density at radius 1 is 0.750 bits per heavy atom. The lowest BCUT2D eigenvalue weighted by Crippen LogP contribution is -2.44. The van der Waals surface area contributed by atoms with E-state index in [9.17, 15) is 0 Å². The topological polar surface area (TPSA) is 3.24 Å². The minimum Gasteiger partial charge on any atom is -0.370 e. The van der Waals surface area contributed by atoms with E-state index in [2.05, 4.69) is 65.6 Å². The molecule has 1 nitrogen and oxygen atoms in total. The molecule has 0 saturated carbocycles. The third-order valence-electron chi connectivity index (χ3n) is 3.27. The maximum Gasteiger partial charge on any atom is 0.0366 e. The second kappa shape index (κ2) is 4.01. The van der Waals surface area contributed by atoms with Crippen LogP contribution >= 0.6 is 0 Å². The van der Waals surface area contributed by atoms with Gasteiger partial charge < -0.3 is 4.90 Å². The Morgan fingerprint density at radius 2 is 1.31 bits per heavy atom. The van der Waals surface area contributed by atoms with Gasteiger partial charge in [0.1, 0.15) is 0 Å². The number of benzene rings is 2. The van der Waals surface area contributed by atoms with E-state index in [-0.39, 0.29) is 0 Å².